The Balaban J connectivity index is 1.97. The van der Waals surface area contributed by atoms with Crippen molar-refractivity contribution in [2.24, 2.45) is 5.92 Å². The van der Waals surface area contributed by atoms with Crippen molar-refractivity contribution in [3.63, 3.8) is 0 Å². The Morgan fingerprint density at radius 3 is 2.80 bits per heavy atom. The third-order valence-corrected chi connectivity index (χ3v) is 1.43. The second-order valence-electron chi connectivity index (χ2n) is 2.49. The van der Waals surface area contributed by atoms with Gasteiger partial charge in [0.15, 0.2) is 0 Å². The number of nitrogens with one attached hydrogen (secondary N) is 1. The van der Waals surface area contributed by atoms with Crippen LogP contribution in [0.2, 0.25) is 0 Å². The molecule has 0 saturated carbocycles. The van der Waals surface area contributed by atoms with Gasteiger partial charge in [0.1, 0.15) is 0 Å². The molecule has 0 aromatic rings. The van der Waals surface area contributed by atoms with Crippen molar-refractivity contribution in [3.05, 3.63) is 12.2 Å². The van der Waals surface area contributed by atoms with E-state index in [2.05, 4.69) is 12.2 Å². The van der Waals surface area contributed by atoms with Gasteiger partial charge in [0.25, 0.3) is 0 Å². The van der Waals surface area contributed by atoms with E-state index in [1.807, 2.05) is 6.92 Å². The summed E-state index contributed by atoms with van der Waals surface area (Å²) in [7, 11) is 0. The molecule has 0 radical (unpaired) electrons. The Morgan fingerprint density at radius 1 is 1.60 bits per heavy atom. The van der Waals surface area contributed by atoms with Gasteiger partial charge in [-0.25, -0.2) is 0 Å². The first-order valence-corrected chi connectivity index (χ1v) is 3.65. The van der Waals surface area contributed by atoms with E-state index >= 15 is 0 Å². The fourth-order valence-corrected chi connectivity index (χ4v) is 0.783. The third-order valence-electron chi connectivity index (χ3n) is 1.43. The van der Waals surface area contributed by atoms with Crippen LogP contribution in [0.1, 0.15) is 13.3 Å². The molecule has 0 amide bonds. The lowest BCUT2D eigenvalue weighted by molar-refractivity contribution is 0.185. The number of rotatable bonds is 5. The van der Waals surface area contributed by atoms with Gasteiger partial charge >= 0.3 is 0 Å². The zero-order chi connectivity index (χ0) is 7.40. The van der Waals surface area contributed by atoms with Gasteiger partial charge in [-0.2, -0.15) is 0 Å². The molecule has 0 aromatic heterocycles. The first-order valence-electron chi connectivity index (χ1n) is 3.65. The molecule has 0 aliphatic heterocycles. The predicted octanol–water partition coefficient (Wildman–Crippen LogP) is 1.62. The number of hydrogen-bond acceptors (Lipinski definition) is 2. The molecule has 1 N–H and O–H groups in total. The van der Waals surface area contributed by atoms with E-state index in [1.165, 1.54) is 0 Å². The van der Waals surface area contributed by atoms with E-state index in [-0.39, 0.29) is 0 Å². The van der Waals surface area contributed by atoms with Gasteiger partial charge in [0, 0.05) is 12.3 Å². The average molecular weight is 139 g/mol. The zero-order valence-electron chi connectivity index (χ0n) is 6.26. The second-order valence-corrected chi connectivity index (χ2v) is 2.49. The van der Waals surface area contributed by atoms with Crippen LogP contribution in [0.4, 0.5) is 0 Å². The van der Waals surface area contributed by atoms with Crippen molar-refractivity contribution in [2.45, 2.75) is 13.3 Å². The highest BCUT2D eigenvalue weighted by atomic mass is 16.5. The van der Waals surface area contributed by atoms with Gasteiger partial charge in [-0.05, 0) is 19.3 Å². The van der Waals surface area contributed by atoms with E-state index < -0.39 is 0 Å². The number of hydrogen-bond donors (Lipinski definition) is 1. The fraction of sp³-hybridized carbons (Fsp3) is 0.625. The van der Waals surface area contributed by atoms with Gasteiger partial charge < -0.3 is 10.1 Å². The summed E-state index contributed by atoms with van der Waals surface area (Å²) in [5, 5.41) is 7.40. The summed E-state index contributed by atoms with van der Waals surface area (Å²) in [5.74, 6) is 0.577. The highest BCUT2D eigenvalue weighted by molar-refractivity contribution is 5.83. The van der Waals surface area contributed by atoms with Crippen molar-refractivity contribution in [3.8, 4) is 0 Å². The van der Waals surface area contributed by atoms with Gasteiger partial charge in [-0.3, -0.25) is 0 Å². The molecule has 10 heavy (non-hydrogen) atoms. The number of allylic oxidation sites excluding steroid dienone is 2. The van der Waals surface area contributed by atoms with Crippen LogP contribution in [0, 0.1) is 11.3 Å². The molecule has 2 heteroatoms. The minimum absolute atomic E-state index is 0.509. The van der Waals surface area contributed by atoms with E-state index in [1.54, 1.807) is 0 Å². The Morgan fingerprint density at radius 2 is 2.30 bits per heavy atom. The summed E-state index contributed by atoms with van der Waals surface area (Å²) in [6.07, 6.45) is 5.08. The second kappa shape index (κ2) is 3.52. The van der Waals surface area contributed by atoms with Crippen molar-refractivity contribution in [1.82, 2.24) is 0 Å². The molecule has 0 unspecified atom stereocenters. The summed E-state index contributed by atoms with van der Waals surface area (Å²) in [6, 6.07) is 0. The van der Waals surface area contributed by atoms with Crippen LogP contribution in [-0.2, 0) is 4.74 Å². The Labute approximate surface area is 61.4 Å². The fourth-order valence-electron chi connectivity index (χ4n) is 0.783. The van der Waals surface area contributed by atoms with Crippen LogP contribution in [-0.4, -0.2) is 18.9 Å². The van der Waals surface area contributed by atoms with Crippen LogP contribution < -0.4 is 0 Å². The molecule has 1 aliphatic carbocycles. The van der Waals surface area contributed by atoms with E-state index in [0.29, 0.717) is 24.8 Å². The highest BCUT2D eigenvalue weighted by Gasteiger charge is 2.12. The van der Waals surface area contributed by atoms with Gasteiger partial charge in [-0.1, -0.05) is 12.2 Å². The van der Waals surface area contributed by atoms with Crippen LogP contribution in [0.25, 0.3) is 0 Å². The predicted molar refractivity (Wildman–Crippen MR) is 41.5 cm³/mol. The zero-order valence-corrected chi connectivity index (χ0v) is 6.26. The first kappa shape index (κ1) is 7.48. The molecular weight excluding hydrogens is 126 g/mol. The van der Waals surface area contributed by atoms with Crippen LogP contribution in [0.3, 0.4) is 0 Å². The Hall–Kier alpha value is -0.630. The molecule has 0 atom stereocenters. The number of ether oxygens (including phenoxy) is 1. The van der Waals surface area contributed by atoms with Crippen LogP contribution >= 0.6 is 0 Å². The van der Waals surface area contributed by atoms with Gasteiger partial charge in [0.05, 0.1) is 6.61 Å². The quantitative estimate of drug-likeness (QED) is 0.455. The molecule has 0 fully saturated rings. The monoisotopic (exact) mass is 139 g/mol. The summed E-state index contributed by atoms with van der Waals surface area (Å²) >= 11 is 0. The molecule has 1 rings (SSSR count). The molecule has 0 saturated heterocycles. The topological polar surface area (TPSA) is 33.1 Å². The van der Waals surface area contributed by atoms with Crippen molar-refractivity contribution in [2.75, 3.05) is 13.2 Å². The molecule has 0 spiro atoms. The maximum atomic E-state index is 7.40. The normalized spacial score (nSPS) is 15.7. The molecule has 1 aliphatic rings. The maximum Gasteiger partial charge on any atom is 0.0841 e. The van der Waals surface area contributed by atoms with Crippen molar-refractivity contribution in [1.29, 1.82) is 5.41 Å². The molecular formula is C8H13NO. The maximum absolute atomic E-state index is 7.40. The van der Waals surface area contributed by atoms with E-state index in [4.69, 9.17) is 10.1 Å². The van der Waals surface area contributed by atoms with Crippen LogP contribution in [0.5, 0.6) is 0 Å². The lowest BCUT2D eigenvalue weighted by Crippen LogP contribution is -2.08. The van der Waals surface area contributed by atoms with Gasteiger partial charge in [0.2, 0.25) is 0 Å². The lowest BCUT2D eigenvalue weighted by atomic mass is 10.2. The minimum atomic E-state index is 0.509. The first-order chi connectivity index (χ1) is 4.83. The molecule has 2 nitrogen and oxygen atoms in total. The van der Waals surface area contributed by atoms with E-state index in [0.717, 1.165) is 6.42 Å². The Bertz CT molecular complexity index is 145. The van der Waals surface area contributed by atoms with Crippen molar-refractivity contribution >= 4 is 5.71 Å². The third kappa shape index (κ3) is 2.78. The summed E-state index contributed by atoms with van der Waals surface area (Å²) in [6.45, 7) is 3.16. The molecule has 0 bridgehead atoms. The molecule has 0 heterocycles. The highest BCUT2D eigenvalue weighted by Crippen LogP contribution is 2.19. The smallest absolute Gasteiger partial charge is 0.0841 e. The van der Waals surface area contributed by atoms with Gasteiger partial charge in [-0.15, -0.1) is 0 Å². The van der Waals surface area contributed by atoms with Crippen molar-refractivity contribution < 1.29 is 4.74 Å². The summed E-state index contributed by atoms with van der Waals surface area (Å²) < 4.78 is 5.07. The minimum Gasteiger partial charge on any atom is -0.376 e. The van der Waals surface area contributed by atoms with E-state index in [9.17, 15) is 0 Å². The summed E-state index contributed by atoms with van der Waals surface area (Å²) in [4.78, 5) is 0. The average Bonchev–Trinajstić information content (AvgIpc) is 2.67. The lowest BCUT2D eigenvalue weighted by Gasteiger charge is -2.01. The Kier molecular flexibility index (Phi) is 2.63. The standard InChI is InChI=1S/C8H13NO/c1-2-10-6-8(9)5-7-3-4-7/h3-4,7,9H,2,5-6H2,1H3. The molecule has 0 aromatic carbocycles. The van der Waals surface area contributed by atoms with Crippen LogP contribution in [0.15, 0.2) is 12.2 Å². The SMILES string of the molecule is CCOCC(=N)CC1C=C1. The molecule has 56 valence electrons. The summed E-state index contributed by atoms with van der Waals surface area (Å²) in [5.41, 5.74) is 0.705. The largest absolute Gasteiger partial charge is 0.376 e.